The summed E-state index contributed by atoms with van der Waals surface area (Å²) in [6.45, 7) is 1.70. The van der Waals surface area contributed by atoms with Gasteiger partial charge in [0.15, 0.2) is 5.69 Å². The van der Waals surface area contributed by atoms with Crippen molar-refractivity contribution in [2.45, 2.75) is 18.9 Å². The molecule has 118 valence electrons. The highest BCUT2D eigenvalue weighted by molar-refractivity contribution is 9.10. The van der Waals surface area contributed by atoms with Crippen LogP contribution in [0.4, 0.5) is 0 Å². The molecule has 1 aromatic carbocycles. The predicted molar refractivity (Wildman–Crippen MR) is 91.9 cm³/mol. The smallest absolute Gasteiger partial charge is 0.271 e. The Hall–Kier alpha value is -1.37. The van der Waals surface area contributed by atoms with Crippen molar-refractivity contribution in [2.75, 3.05) is 13.1 Å². The van der Waals surface area contributed by atoms with Gasteiger partial charge < -0.3 is 10.6 Å². The van der Waals surface area contributed by atoms with E-state index in [1.54, 1.807) is 16.9 Å². The minimum absolute atomic E-state index is 0. The third-order valence-corrected chi connectivity index (χ3v) is 4.06. The lowest BCUT2D eigenvalue weighted by Gasteiger charge is -2.10. The minimum Gasteiger partial charge on any atom is -0.349 e. The number of carbonyl (C=O) groups is 1. The zero-order valence-corrected chi connectivity index (χ0v) is 14.4. The van der Waals surface area contributed by atoms with Gasteiger partial charge in [0.2, 0.25) is 0 Å². The Morgan fingerprint density at radius 2 is 2.32 bits per heavy atom. The van der Waals surface area contributed by atoms with Crippen LogP contribution in [0.15, 0.2) is 41.0 Å². The molecule has 3 rings (SSSR count). The number of rotatable bonds is 4. The summed E-state index contributed by atoms with van der Waals surface area (Å²) in [6.07, 6.45) is 4.09. The molecule has 1 aliphatic rings. The fourth-order valence-electron chi connectivity index (χ4n) is 2.44. The standard InChI is InChI=1S/C15H17BrN4O.ClH/c16-11-3-1-5-13(9-11)20-8-6-14(19-20)15(21)18-10-12-4-2-7-17-12;/h1,3,5-6,8-9,12,17H,2,4,7,10H2,(H,18,21);1H. The molecule has 2 heterocycles. The van der Waals surface area contributed by atoms with Crippen LogP contribution in [0, 0.1) is 0 Å². The molecule has 7 heteroatoms. The quantitative estimate of drug-likeness (QED) is 0.850. The Morgan fingerprint density at radius 3 is 3.05 bits per heavy atom. The van der Waals surface area contributed by atoms with Gasteiger partial charge in [-0.1, -0.05) is 22.0 Å². The van der Waals surface area contributed by atoms with Gasteiger partial charge in [0.1, 0.15) is 0 Å². The van der Waals surface area contributed by atoms with Gasteiger partial charge in [-0.3, -0.25) is 4.79 Å². The van der Waals surface area contributed by atoms with E-state index in [2.05, 4.69) is 31.7 Å². The molecule has 2 aromatic rings. The monoisotopic (exact) mass is 384 g/mol. The molecule has 1 aromatic heterocycles. The number of carbonyl (C=O) groups excluding carboxylic acids is 1. The van der Waals surface area contributed by atoms with Crippen LogP contribution in [0.3, 0.4) is 0 Å². The molecule has 5 nitrogen and oxygen atoms in total. The highest BCUT2D eigenvalue weighted by Gasteiger charge is 2.16. The average Bonchev–Trinajstić information content (AvgIpc) is 3.16. The summed E-state index contributed by atoms with van der Waals surface area (Å²) in [5, 5.41) is 10.6. The van der Waals surface area contributed by atoms with Gasteiger partial charge in [-0.2, -0.15) is 5.10 Å². The molecule has 0 radical (unpaired) electrons. The Bertz CT molecular complexity index is 640. The van der Waals surface area contributed by atoms with Gasteiger partial charge in [-0.25, -0.2) is 4.68 Å². The van der Waals surface area contributed by atoms with E-state index in [9.17, 15) is 4.79 Å². The van der Waals surface area contributed by atoms with Gasteiger partial charge >= 0.3 is 0 Å². The van der Waals surface area contributed by atoms with Crippen molar-refractivity contribution in [3.8, 4) is 5.69 Å². The fraction of sp³-hybridized carbons (Fsp3) is 0.333. The molecule has 1 fully saturated rings. The largest absolute Gasteiger partial charge is 0.349 e. The summed E-state index contributed by atoms with van der Waals surface area (Å²) in [6, 6.07) is 9.92. The topological polar surface area (TPSA) is 59.0 Å². The number of benzene rings is 1. The van der Waals surface area contributed by atoms with Crippen molar-refractivity contribution in [1.29, 1.82) is 0 Å². The lowest BCUT2D eigenvalue weighted by atomic mass is 10.2. The summed E-state index contributed by atoms with van der Waals surface area (Å²) in [4.78, 5) is 12.1. The van der Waals surface area contributed by atoms with Gasteiger partial charge in [0.05, 0.1) is 5.69 Å². The Balaban J connectivity index is 0.00000176. The van der Waals surface area contributed by atoms with Crippen LogP contribution in [0.1, 0.15) is 23.3 Å². The van der Waals surface area contributed by atoms with Gasteiger partial charge in [0, 0.05) is 23.3 Å². The average molecular weight is 386 g/mol. The van der Waals surface area contributed by atoms with Gasteiger partial charge in [-0.15, -0.1) is 12.4 Å². The van der Waals surface area contributed by atoms with E-state index in [0.29, 0.717) is 18.3 Å². The summed E-state index contributed by atoms with van der Waals surface area (Å²) in [5.74, 6) is -0.127. The first-order chi connectivity index (χ1) is 10.2. The van der Waals surface area contributed by atoms with Crippen LogP contribution in [0.25, 0.3) is 5.69 Å². The molecule has 22 heavy (non-hydrogen) atoms. The first kappa shape index (κ1) is 17.0. The first-order valence-corrected chi connectivity index (χ1v) is 7.85. The molecule has 0 bridgehead atoms. The lowest BCUT2D eigenvalue weighted by Crippen LogP contribution is -2.37. The van der Waals surface area contributed by atoms with Crippen LogP contribution >= 0.6 is 28.3 Å². The van der Waals surface area contributed by atoms with Crippen molar-refractivity contribution < 1.29 is 4.79 Å². The second kappa shape index (κ2) is 7.76. The van der Waals surface area contributed by atoms with Crippen LogP contribution < -0.4 is 10.6 Å². The van der Waals surface area contributed by atoms with Crippen LogP contribution in [-0.4, -0.2) is 34.8 Å². The van der Waals surface area contributed by atoms with Crippen molar-refractivity contribution in [1.82, 2.24) is 20.4 Å². The van der Waals surface area contributed by atoms with E-state index >= 15 is 0 Å². The first-order valence-electron chi connectivity index (χ1n) is 7.05. The summed E-state index contributed by atoms with van der Waals surface area (Å²) >= 11 is 3.43. The van der Waals surface area contributed by atoms with E-state index in [0.717, 1.165) is 23.1 Å². The molecule has 0 saturated carbocycles. The molecule has 1 atom stereocenters. The Morgan fingerprint density at radius 1 is 1.45 bits per heavy atom. The highest BCUT2D eigenvalue weighted by atomic mass is 79.9. The zero-order valence-electron chi connectivity index (χ0n) is 12.0. The van der Waals surface area contributed by atoms with E-state index in [1.165, 1.54) is 6.42 Å². The second-order valence-corrected chi connectivity index (χ2v) is 6.04. The van der Waals surface area contributed by atoms with Crippen molar-refractivity contribution >= 4 is 34.2 Å². The number of nitrogens with one attached hydrogen (secondary N) is 2. The summed E-state index contributed by atoms with van der Waals surface area (Å²) in [7, 11) is 0. The molecular weight excluding hydrogens is 368 g/mol. The van der Waals surface area contributed by atoms with E-state index < -0.39 is 0 Å². The summed E-state index contributed by atoms with van der Waals surface area (Å²) < 4.78 is 2.68. The molecule has 1 aliphatic heterocycles. The molecule has 0 aliphatic carbocycles. The van der Waals surface area contributed by atoms with Gasteiger partial charge in [-0.05, 0) is 43.7 Å². The maximum absolute atomic E-state index is 12.1. The van der Waals surface area contributed by atoms with E-state index in [1.807, 2.05) is 24.3 Å². The zero-order chi connectivity index (χ0) is 14.7. The molecular formula is C15H18BrClN4O. The molecule has 1 amide bonds. The predicted octanol–water partition coefficient (Wildman–Crippen LogP) is 2.54. The minimum atomic E-state index is -0.127. The van der Waals surface area contributed by atoms with Crippen LogP contribution in [0.2, 0.25) is 0 Å². The van der Waals surface area contributed by atoms with Crippen LogP contribution in [-0.2, 0) is 0 Å². The van der Waals surface area contributed by atoms with E-state index in [4.69, 9.17) is 0 Å². The van der Waals surface area contributed by atoms with E-state index in [-0.39, 0.29) is 18.3 Å². The lowest BCUT2D eigenvalue weighted by molar-refractivity contribution is 0.0945. The fourth-order valence-corrected chi connectivity index (χ4v) is 2.83. The van der Waals surface area contributed by atoms with Crippen LogP contribution in [0.5, 0.6) is 0 Å². The summed E-state index contributed by atoms with van der Waals surface area (Å²) in [5.41, 5.74) is 1.36. The number of amides is 1. The number of nitrogens with zero attached hydrogens (tertiary/aromatic N) is 2. The Labute approximate surface area is 144 Å². The van der Waals surface area contributed by atoms with Crippen molar-refractivity contribution in [3.63, 3.8) is 0 Å². The number of hydrogen-bond acceptors (Lipinski definition) is 3. The normalized spacial score (nSPS) is 17.0. The number of halogens is 2. The highest BCUT2D eigenvalue weighted by Crippen LogP contribution is 2.15. The maximum Gasteiger partial charge on any atom is 0.271 e. The SMILES string of the molecule is Cl.O=C(NCC1CCCN1)c1ccn(-c2cccc(Br)c2)n1. The molecule has 1 unspecified atom stereocenters. The molecule has 1 saturated heterocycles. The number of aromatic nitrogens is 2. The van der Waals surface area contributed by atoms with Gasteiger partial charge in [0.25, 0.3) is 5.91 Å². The molecule has 2 N–H and O–H groups in total. The second-order valence-electron chi connectivity index (χ2n) is 5.13. The van der Waals surface area contributed by atoms with Crippen molar-refractivity contribution in [2.24, 2.45) is 0 Å². The number of hydrogen-bond donors (Lipinski definition) is 2. The van der Waals surface area contributed by atoms with Crippen molar-refractivity contribution in [3.05, 3.63) is 46.7 Å². The molecule has 0 spiro atoms. The Kier molecular flexibility index (Phi) is 5.99. The third-order valence-electron chi connectivity index (χ3n) is 3.57. The third kappa shape index (κ3) is 4.09. The maximum atomic E-state index is 12.1.